The number of nitrogens with zero attached hydrogens (tertiary/aromatic N) is 2. The van der Waals surface area contributed by atoms with Gasteiger partial charge in [0.15, 0.2) is 0 Å². The highest BCUT2D eigenvalue weighted by Crippen LogP contribution is 2.20. The molecular weight excluding hydrogens is 286 g/mol. The molecule has 0 aliphatic heterocycles. The van der Waals surface area contributed by atoms with Crippen molar-refractivity contribution in [3.05, 3.63) is 65.0 Å². The molecule has 21 heavy (non-hydrogen) atoms. The summed E-state index contributed by atoms with van der Waals surface area (Å²) in [5, 5.41) is 7.95. The van der Waals surface area contributed by atoms with E-state index in [1.165, 1.54) is 0 Å². The minimum absolute atomic E-state index is 0.473. The number of aromatic nitrogens is 2. The fourth-order valence-corrected chi connectivity index (χ4v) is 2.13. The van der Waals surface area contributed by atoms with E-state index in [1.54, 1.807) is 0 Å². The van der Waals surface area contributed by atoms with E-state index in [2.05, 4.69) is 15.5 Å². The Labute approximate surface area is 127 Å². The molecule has 1 aromatic heterocycles. The van der Waals surface area contributed by atoms with E-state index in [9.17, 15) is 0 Å². The van der Waals surface area contributed by atoms with E-state index in [4.69, 9.17) is 16.1 Å². The number of aryl methyl sites for hydroxylation is 1. The van der Waals surface area contributed by atoms with Crippen LogP contribution in [0.5, 0.6) is 0 Å². The lowest BCUT2D eigenvalue weighted by Crippen LogP contribution is -1.99. The quantitative estimate of drug-likeness (QED) is 0.780. The van der Waals surface area contributed by atoms with Crippen LogP contribution in [0.15, 0.2) is 53.1 Å². The Morgan fingerprint density at radius 1 is 1.10 bits per heavy atom. The van der Waals surface area contributed by atoms with Gasteiger partial charge in [-0.1, -0.05) is 41.0 Å². The molecule has 0 saturated carbocycles. The van der Waals surface area contributed by atoms with E-state index >= 15 is 0 Å². The van der Waals surface area contributed by atoms with Gasteiger partial charge in [-0.15, -0.1) is 0 Å². The highest BCUT2D eigenvalue weighted by molar-refractivity contribution is 6.30. The summed E-state index contributed by atoms with van der Waals surface area (Å²) < 4.78 is 5.27. The SMILES string of the molecule is Cc1ccccc1-c1noc(CNc2ccc(Cl)cc2)n1. The van der Waals surface area contributed by atoms with Crippen molar-refractivity contribution in [2.45, 2.75) is 13.5 Å². The minimum Gasteiger partial charge on any atom is -0.376 e. The maximum absolute atomic E-state index is 5.85. The Morgan fingerprint density at radius 3 is 2.62 bits per heavy atom. The molecule has 4 nitrogen and oxygen atoms in total. The zero-order chi connectivity index (χ0) is 14.7. The second-order valence-corrected chi connectivity index (χ2v) is 5.12. The number of hydrogen-bond donors (Lipinski definition) is 1. The molecule has 0 unspecified atom stereocenters. The lowest BCUT2D eigenvalue weighted by molar-refractivity contribution is 0.384. The Balaban J connectivity index is 1.71. The van der Waals surface area contributed by atoms with Crippen molar-refractivity contribution in [1.29, 1.82) is 0 Å². The number of halogens is 1. The first-order valence-electron chi connectivity index (χ1n) is 6.60. The second-order valence-electron chi connectivity index (χ2n) is 4.69. The van der Waals surface area contributed by atoms with Crippen LogP contribution in [0.2, 0.25) is 5.02 Å². The average Bonchev–Trinajstić information content (AvgIpc) is 2.96. The monoisotopic (exact) mass is 299 g/mol. The molecule has 3 aromatic rings. The Bertz CT molecular complexity index is 737. The molecule has 1 heterocycles. The van der Waals surface area contributed by atoms with Crippen molar-refractivity contribution in [1.82, 2.24) is 10.1 Å². The average molecular weight is 300 g/mol. The van der Waals surface area contributed by atoms with Gasteiger partial charge in [0.25, 0.3) is 0 Å². The third kappa shape index (κ3) is 3.23. The first-order chi connectivity index (χ1) is 10.2. The Morgan fingerprint density at radius 2 is 1.86 bits per heavy atom. The zero-order valence-corrected chi connectivity index (χ0v) is 12.3. The van der Waals surface area contributed by atoms with Gasteiger partial charge < -0.3 is 9.84 Å². The van der Waals surface area contributed by atoms with Gasteiger partial charge >= 0.3 is 0 Å². The van der Waals surface area contributed by atoms with Gasteiger partial charge in [0.2, 0.25) is 11.7 Å². The van der Waals surface area contributed by atoms with Crippen LogP contribution in [-0.4, -0.2) is 10.1 Å². The summed E-state index contributed by atoms with van der Waals surface area (Å²) in [5.74, 6) is 1.16. The predicted molar refractivity (Wildman–Crippen MR) is 83.2 cm³/mol. The molecule has 0 radical (unpaired) electrons. The molecule has 0 aliphatic rings. The third-order valence-corrected chi connectivity index (χ3v) is 3.39. The standard InChI is InChI=1S/C16H14ClN3O/c1-11-4-2-3-5-14(11)16-19-15(21-20-16)10-18-13-8-6-12(17)7-9-13/h2-9,18H,10H2,1H3. The summed E-state index contributed by atoms with van der Waals surface area (Å²) in [6.07, 6.45) is 0. The van der Waals surface area contributed by atoms with Crippen molar-refractivity contribution in [2.75, 3.05) is 5.32 Å². The Hall–Kier alpha value is -2.33. The molecule has 0 atom stereocenters. The fourth-order valence-electron chi connectivity index (χ4n) is 2.01. The summed E-state index contributed by atoms with van der Waals surface area (Å²) in [6, 6.07) is 15.4. The van der Waals surface area contributed by atoms with Crippen LogP contribution in [0.3, 0.4) is 0 Å². The molecule has 3 rings (SSSR count). The third-order valence-electron chi connectivity index (χ3n) is 3.14. The summed E-state index contributed by atoms with van der Waals surface area (Å²) in [5.41, 5.74) is 3.06. The normalized spacial score (nSPS) is 10.6. The molecule has 0 spiro atoms. The number of rotatable bonds is 4. The van der Waals surface area contributed by atoms with Crippen molar-refractivity contribution >= 4 is 17.3 Å². The highest BCUT2D eigenvalue weighted by Gasteiger charge is 2.10. The molecule has 5 heteroatoms. The molecule has 1 N–H and O–H groups in total. The molecule has 0 bridgehead atoms. The van der Waals surface area contributed by atoms with Crippen molar-refractivity contribution in [3.63, 3.8) is 0 Å². The van der Waals surface area contributed by atoms with Crippen LogP contribution < -0.4 is 5.32 Å². The van der Waals surface area contributed by atoms with Crippen molar-refractivity contribution < 1.29 is 4.52 Å². The van der Waals surface area contributed by atoms with E-state index in [-0.39, 0.29) is 0 Å². The first kappa shape index (κ1) is 13.6. The summed E-state index contributed by atoms with van der Waals surface area (Å²) >= 11 is 5.85. The van der Waals surface area contributed by atoms with Crippen molar-refractivity contribution in [3.8, 4) is 11.4 Å². The fraction of sp³-hybridized carbons (Fsp3) is 0.125. The number of anilines is 1. The van der Waals surface area contributed by atoms with Crippen LogP contribution >= 0.6 is 11.6 Å². The second kappa shape index (κ2) is 5.97. The predicted octanol–water partition coefficient (Wildman–Crippen LogP) is 4.31. The Kier molecular flexibility index (Phi) is 3.88. The molecule has 0 amide bonds. The molecule has 106 valence electrons. The highest BCUT2D eigenvalue weighted by atomic mass is 35.5. The summed E-state index contributed by atoms with van der Waals surface area (Å²) in [7, 11) is 0. The summed E-state index contributed by atoms with van der Waals surface area (Å²) in [6.45, 7) is 2.50. The van der Waals surface area contributed by atoms with Crippen LogP contribution in [0.1, 0.15) is 11.5 Å². The van der Waals surface area contributed by atoms with Crippen LogP contribution in [0.4, 0.5) is 5.69 Å². The van der Waals surface area contributed by atoms with Crippen molar-refractivity contribution in [2.24, 2.45) is 0 Å². The maximum atomic E-state index is 5.85. The molecule has 0 saturated heterocycles. The topological polar surface area (TPSA) is 51.0 Å². The van der Waals surface area contributed by atoms with Gasteiger partial charge in [-0.2, -0.15) is 4.98 Å². The zero-order valence-electron chi connectivity index (χ0n) is 11.5. The lowest BCUT2D eigenvalue weighted by Gasteiger charge is -2.02. The molecule has 0 aliphatic carbocycles. The smallest absolute Gasteiger partial charge is 0.246 e. The van der Waals surface area contributed by atoms with Gasteiger partial charge in [0, 0.05) is 16.3 Å². The van der Waals surface area contributed by atoms with Gasteiger partial charge in [-0.3, -0.25) is 0 Å². The number of hydrogen-bond acceptors (Lipinski definition) is 4. The van der Waals surface area contributed by atoms with E-state index < -0.39 is 0 Å². The largest absolute Gasteiger partial charge is 0.376 e. The first-order valence-corrected chi connectivity index (χ1v) is 6.98. The van der Waals surface area contributed by atoms with Gasteiger partial charge in [-0.05, 0) is 36.8 Å². The number of benzene rings is 2. The van der Waals surface area contributed by atoms with Crippen LogP contribution in [-0.2, 0) is 6.54 Å². The van der Waals surface area contributed by atoms with E-state index in [0.29, 0.717) is 23.3 Å². The maximum Gasteiger partial charge on any atom is 0.246 e. The van der Waals surface area contributed by atoms with E-state index in [0.717, 1.165) is 16.8 Å². The van der Waals surface area contributed by atoms with Crippen LogP contribution in [0, 0.1) is 6.92 Å². The molecule has 0 fully saturated rings. The number of nitrogens with one attached hydrogen (secondary N) is 1. The summed E-state index contributed by atoms with van der Waals surface area (Å²) in [4.78, 5) is 4.41. The van der Waals surface area contributed by atoms with Crippen LogP contribution in [0.25, 0.3) is 11.4 Å². The molecule has 2 aromatic carbocycles. The van der Waals surface area contributed by atoms with Gasteiger partial charge in [0.1, 0.15) is 0 Å². The molecular formula is C16H14ClN3O. The van der Waals surface area contributed by atoms with Gasteiger partial charge in [-0.25, -0.2) is 0 Å². The van der Waals surface area contributed by atoms with E-state index in [1.807, 2.05) is 55.5 Å². The lowest BCUT2D eigenvalue weighted by atomic mass is 10.1. The minimum atomic E-state index is 0.473. The van der Waals surface area contributed by atoms with Gasteiger partial charge in [0.05, 0.1) is 6.54 Å².